The quantitative estimate of drug-likeness (QED) is 0.593. The SMILES string of the molecule is Cc1ccc(NC(=O)C(Cl)(Sc2ccccc2)C(C)C)cc1. The minimum atomic E-state index is -1.05. The molecule has 1 unspecified atom stereocenters. The van der Waals surface area contributed by atoms with Crippen molar-refractivity contribution in [2.75, 3.05) is 5.32 Å². The number of hydrogen-bond acceptors (Lipinski definition) is 2. The molecule has 0 aromatic heterocycles. The van der Waals surface area contributed by atoms with E-state index in [-0.39, 0.29) is 11.8 Å². The fraction of sp³-hybridized carbons (Fsp3) is 0.278. The van der Waals surface area contributed by atoms with Gasteiger partial charge in [0.15, 0.2) is 4.21 Å². The molecule has 2 aromatic carbocycles. The lowest BCUT2D eigenvalue weighted by Gasteiger charge is -2.29. The molecule has 2 nitrogen and oxygen atoms in total. The number of aryl methyl sites for hydroxylation is 1. The van der Waals surface area contributed by atoms with Gasteiger partial charge in [0.05, 0.1) is 0 Å². The molecule has 0 fully saturated rings. The molecule has 0 bridgehead atoms. The van der Waals surface area contributed by atoms with Gasteiger partial charge in [0, 0.05) is 10.6 Å². The number of carbonyl (C=O) groups excluding carboxylic acids is 1. The molecule has 116 valence electrons. The number of carbonyl (C=O) groups is 1. The van der Waals surface area contributed by atoms with Crippen LogP contribution in [-0.2, 0) is 4.79 Å². The van der Waals surface area contributed by atoms with Crippen molar-refractivity contribution in [3.05, 3.63) is 60.2 Å². The summed E-state index contributed by atoms with van der Waals surface area (Å²) >= 11 is 8.07. The van der Waals surface area contributed by atoms with Crippen LogP contribution in [0.5, 0.6) is 0 Å². The van der Waals surface area contributed by atoms with Crippen LogP contribution in [0.2, 0.25) is 0 Å². The zero-order chi connectivity index (χ0) is 16.2. The highest BCUT2D eigenvalue weighted by molar-refractivity contribution is 8.02. The van der Waals surface area contributed by atoms with Crippen LogP contribution >= 0.6 is 23.4 Å². The van der Waals surface area contributed by atoms with E-state index >= 15 is 0 Å². The van der Waals surface area contributed by atoms with Gasteiger partial charge in [-0.05, 0) is 37.1 Å². The molecule has 4 heteroatoms. The van der Waals surface area contributed by atoms with Gasteiger partial charge in [-0.25, -0.2) is 0 Å². The Morgan fingerprint density at radius 3 is 2.23 bits per heavy atom. The zero-order valence-corrected chi connectivity index (χ0v) is 14.5. The molecule has 0 aliphatic carbocycles. The van der Waals surface area contributed by atoms with E-state index in [4.69, 9.17) is 11.6 Å². The number of anilines is 1. The maximum absolute atomic E-state index is 12.7. The van der Waals surface area contributed by atoms with Crippen molar-refractivity contribution in [1.29, 1.82) is 0 Å². The molecule has 22 heavy (non-hydrogen) atoms. The third-order valence-electron chi connectivity index (χ3n) is 3.37. The first-order chi connectivity index (χ1) is 10.4. The third kappa shape index (κ3) is 4.05. The average Bonchev–Trinajstić information content (AvgIpc) is 2.50. The number of halogens is 1. The third-order valence-corrected chi connectivity index (χ3v) is 5.67. The van der Waals surface area contributed by atoms with Gasteiger partial charge in [0.25, 0.3) is 5.91 Å². The van der Waals surface area contributed by atoms with Gasteiger partial charge in [0.2, 0.25) is 0 Å². The number of alkyl halides is 1. The molecule has 0 heterocycles. The van der Waals surface area contributed by atoms with E-state index in [1.54, 1.807) is 0 Å². The number of benzene rings is 2. The lowest BCUT2D eigenvalue weighted by Crippen LogP contribution is -2.39. The summed E-state index contributed by atoms with van der Waals surface area (Å²) in [5, 5.41) is 2.92. The predicted octanol–water partition coefficient (Wildman–Crippen LogP) is 5.32. The Morgan fingerprint density at radius 1 is 1.09 bits per heavy atom. The van der Waals surface area contributed by atoms with Gasteiger partial charge in [-0.2, -0.15) is 0 Å². The number of amides is 1. The molecule has 0 spiro atoms. The molecule has 0 saturated heterocycles. The van der Waals surface area contributed by atoms with E-state index in [9.17, 15) is 4.79 Å². The maximum Gasteiger partial charge on any atom is 0.256 e. The van der Waals surface area contributed by atoms with Crippen molar-refractivity contribution < 1.29 is 4.79 Å². The Labute approximate surface area is 141 Å². The Bertz CT molecular complexity index is 627. The summed E-state index contributed by atoms with van der Waals surface area (Å²) in [4.78, 5) is 13.7. The molecule has 1 N–H and O–H groups in total. The van der Waals surface area contributed by atoms with E-state index in [2.05, 4.69) is 5.32 Å². The minimum absolute atomic E-state index is 0.0233. The summed E-state index contributed by atoms with van der Waals surface area (Å²) in [5.41, 5.74) is 1.91. The Hall–Kier alpha value is -1.45. The molecular formula is C18H20ClNOS. The smallest absolute Gasteiger partial charge is 0.256 e. The van der Waals surface area contributed by atoms with E-state index < -0.39 is 4.21 Å². The Morgan fingerprint density at radius 2 is 1.68 bits per heavy atom. The second-order valence-electron chi connectivity index (χ2n) is 5.53. The van der Waals surface area contributed by atoms with E-state index in [0.717, 1.165) is 16.1 Å². The molecule has 0 aliphatic heterocycles. The van der Waals surface area contributed by atoms with Crippen molar-refractivity contribution in [2.24, 2.45) is 5.92 Å². The van der Waals surface area contributed by atoms with Crippen LogP contribution in [0.15, 0.2) is 59.5 Å². The van der Waals surface area contributed by atoms with Crippen molar-refractivity contribution in [1.82, 2.24) is 0 Å². The second kappa shape index (κ2) is 7.21. The van der Waals surface area contributed by atoms with Crippen molar-refractivity contribution in [3.63, 3.8) is 0 Å². The average molecular weight is 334 g/mol. The first-order valence-corrected chi connectivity index (χ1v) is 8.42. The number of thioether (sulfide) groups is 1. The van der Waals surface area contributed by atoms with Gasteiger partial charge in [-0.3, -0.25) is 4.79 Å². The zero-order valence-electron chi connectivity index (χ0n) is 13.0. The summed E-state index contributed by atoms with van der Waals surface area (Å²) in [6, 6.07) is 17.5. The van der Waals surface area contributed by atoms with Crippen LogP contribution in [0.4, 0.5) is 5.69 Å². The van der Waals surface area contributed by atoms with Crippen LogP contribution in [0, 0.1) is 12.8 Å². The molecule has 1 amide bonds. The monoisotopic (exact) mass is 333 g/mol. The van der Waals surface area contributed by atoms with Crippen LogP contribution in [0.25, 0.3) is 0 Å². The topological polar surface area (TPSA) is 29.1 Å². The van der Waals surface area contributed by atoms with Gasteiger partial charge >= 0.3 is 0 Å². The highest BCUT2D eigenvalue weighted by Gasteiger charge is 2.40. The largest absolute Gasteiger partial charge is 0.324 e. The van der Waals surface area contributed by atoms with Crippen molar-refractivity contribution in [2.45, 2.75) is 29.9 Å². The highest BCUT2D eigenvalue weighted by Crippen LogP contribution is 2.43. The fourth-order valence-electron chi connectivity index (χ4n) is 1.94. The van der Waals surface area contributed by atoms with Crippen molar-refractivity contribution >= 4 is 35.0 Å². The minimum Gasteiger partial charge on any atom is -0.324 e. The van der Waals surface area contributed by atoms with E-state index in [1.807, 2.05) is 75.4 Å². The van der Waals surface area contributed by atoms with E-state index in [0.29, 0.717) is 0 Å². The lowest BCUT2D eigenvalue weighted by atomic mass is 10.1. The van der Waals surface area contributed by atoms with Crippen LogP contribution in [0.1, 0.15) is 19.4 Å². The molecule has 0 saturated carbocycles. The van der Waals surface area contributed by atoms with Crippen molar-refractivity contribution in [3.8, 4) is 0 Å². The summed E-state index contributed by atoms with van der Waals surface area (Å²) in [6.45, 7) is 5.92. The predicted molar refractivity (Wildman–Crippen MR) is 95.5 cm³/mol. The molecule has 0 aliphatic rings. The van der Waals surface area contributed by atoms with Crippen LogP contribution in [0.3, 0.4) is 0 Å². The highest BCUT2D eigenvalue weighted by atomic mass is 35.5. The molecule has 2 rings (SSSR count). The molecule has 1 atom stereocenters. The Kier molecular flexibility index (Phi) is 5.54. The fourth-order valence-corrected chi connectivity index (χ4v) is 3.27. The summed E-state index contributed by atoms with van der Waals surface area (Å²) in [7, 11) is 0. The normalized spacial score (nSPS) is 13.7. The molecule has 2 aromatic rings. The number of hydrogen-bond donors (Lipinski definition) is 1. The summed E-state index contributed by atoms with van der Waals surface area (Å²) in [5.74, 6) is -0.216. The van der Waals surface area contributed by atoms with Crippen LogP contribution < -0.4 is 5.32 Å². The lowest BCUT2D eigenvalue weighted by molar-refractivity contribution is -0.117. The second-order valence-corrected chi connectivity index (χ2v) is 7.67. The van der Waals surface area contributed by atoms with Crippen LogP contribution in [-0.4, -0.2) is 10.1 Å². The van der Waals surface area contributed by atoms with E-state index in [1.165, 1.54) is 11.8 Å². The van der Waals surface area contributed by atoms with Gasteiger partial charge in [-0.1, -0.05) is 73.1 Å². The Balaban J connectivity index is 2.19. The number of rotatable bonds is 5. The van der Waals surface area contributed by atoms with Gasteiger partial charge in [0.1, 0.15) is 0 Å². The molecular weight excluding hydrogens is 314 g/mol. The first kappa shape index (κ1) is 16.9. The van der Waals surface area contributed by atoms with Gasteiger partial charge in [-0.15, -0.1) is 0 Å². The standard InChI is InChI=1S/C18H20ClNOS/c1-13(2)18(19,22-16-7-5-4-6-8-16)17(21)20-15-11-9-14(3)10-12-15/h4-13H,1-3H3,(H,20,21). The first-order valence-electron chi connectivity index (χ1n) is 7.23. The number of nitrogens with one attached hydrogen (secondary N) is 1. The maximum atomic E-state index is 12.7. The summed E-state index contributed by atoms with van der Waals surface area (Å²) < 4.78 is -1.05. The van der Waals surface area contributed by atoms with Gasteiger partial charge < -0.3 is 5.32 Å². The summed E-state index contributed by atoms with van der Waals surface area (Å²) in [6.07, 6.45) is 0. The molecule has 0 radical (unpaired) electrons.